The van der Waals surface area contributed by atoms with Crippen LogP contribution < -0.4 is 5.32 Å². The van der Waals surface area contributed by atoms with Crippen molar-refractivity contribution < 1.29 is 0 Å². The molecule has 3 heteroatoms. The van der Waals surface area contributed by atoms with Crippen molar-refractivity contribution >= 4 is 11.6 Å². The molecule has 2 unspecified atom stereocenters. The van der Waals surface area contributed by atoms with Gasteiger partial charge in [-0.05, 0) is 49.1 Å². The molecular weight excluding hydrogens is 280 g/mol. The first-order chi connectivity index (χ1) is 10.3. The van der Waals surface area contributed by atoms with E-state index in [1.165, 1.54) is 23.2 Å². The number of pyridine rings is 1. The normalized spacial score (nSPS) is 19.0. The number of hydrogen-bond acceptors (Lipinski definition) is 2. The highest BCUT2D eigenvalue weighted by Crippen LogP contribution is 2.40. The number of benzene rings is 1. The zero-order chi connectivity index (χ0) is 14.7. The van der Waals surface area contributed by atoms with Crippen LogP contribution in [0.2, 0.25) is 5.02 Å². The van der Waals surface area contributed by atoms with Gasteiger partial charge in [-0.3, -0.25) is 4.98 Å². The Kier molecular flexibility index (Phi) is 4.57. The summed E-state index contributed by atoms with van der Waals surface area (Å²) in [7, 11) is 0. The Morgan fingerprint density at radius 3 is 2.95 bits per heavy atom. The molecule has 1 aromatic carbocycles. The molecule has 0 fully saturated rings. The van der Waals surface area contributed by atoms with Crippen LogP contribution in [0.1, 0.15) is 48.5 Å². The maximum atomic E-state index is 6.44. The first-order valence-electron chi connectivity index (χ1n) is 7.73. The summed E-state index contributed by atoms with van der Waals surface area (Å²) in [5.74, 6) is 0.398. The lowest BCUT2D eigenvalue weighted by Crippen LogP contribution is -2.30. The number of nitrogens with zero attached hydrogens (tertiary/aromatic N) is 1. The maximum Gasteiger partial charge on any atom is 0.0485 e. The van der Waals surface area contributed by atoms with E-state index in [4.69, 9.17) is 11.6 Å². The van der Waals surface area contributed by atoms with E-state index in [0.717, 1.165) is 24.4 Å². The van der Waals surface area contributed by atoms with Gasteiger partial charge in [0.05, 0.1) is 0 Å². The highest BCUT2D eigenvalue weighted by Gasteiger charge is 2.30. The van der Waals surface area contributed by atoms with Gasteiger partial charge in [-0.1, -0.05) is 42.8 Å². The summed E-state index contributed by atoms with van der Waals surface area (Å²) in [4.78, 5) is 4.68. The van der Waals surface area contributed by atoms with Gasteiger partial charge in [0.15, 0.2) is 0 Å². The molecule has 3 rings (SSSR count). The molecule has 0 saturated carbocycles. The van der Waals surface area contributed by atoms with Crippen LogP contribution in [0.25, 0.3) is 0 Å². The number of aryl methyl sites for hydroxylation is 1. The van der Waals surface area contributed by atoms with Crippen LogP contribution in [0.15, 0.2) is 42.6 Å². The quantitative estimate of drug-likeness (QED) is 0.899. The monoisotopic (exact) mass is 300 g/mol. The van der Waals surface area contributed by atoms with Crippen molar-refractivity contribution in [3.8, 4) is 0 Å². The average Bonchev–Trinajstić information content (AvgIpc) is 2.53. The molecule has 0 aliphatic heterocycles. The topological polar surface area (TPSA) is 24.9 Å². The Morgan fingerprint density at radius 1 is 1.29 bits per heavy atom. The summed E-state index contributed by atoms with van der Waals surface area (Å²) in [5, 5.41) is 4.47. The summed E-state index contributed by atoms with van der Waals surface area (Å²) in [6, 6.07) is 12.6. The van der Waals surface area contributed by atoms with Crippen molar-refractivity contribution in [3.63, 3.8) is 0 Å². The molecule has 2 nitrogen and oxygen atoms in total. The van der Waals surface area contributed by atoms with Crippen LogP contribution >= 0.6 is 11.6 Å². The van der Waals surface area contributed by atoms with Gasteiger partial charge in [0, 0.05) is 28.9 Å². The van der Waals surface area contributed by atoms with Gasteiger partial charge in [-0.2, -0.15) is 0 Å². The molecule has 1 aliphatic rings. The first-order valence-corrected chi connectivity index (χ1v) is 8.10. The Hall–Kier alpha value is -1.38. The van der Waals surface area contributed by atoms with Gasteiger partial charge in [-0.15, -0.1) is 0 Å². The number of nitrogens with one attached hydrogen (secondary N) is 1. The van der Waals surface area contributed by atoms with Crippen LogP contribution in [-0.4, -0.2) is 11.5 Å². The average molecular weight is 301 g/mol. The predicted octanol–water partition coefficient (Wildman–Crippen LogP) is 4.51. The first kappa shape index (κ1) is 14.6. The van der Waals surface area contributed by atoms with E-state index in [-0.39, 0.29) is 6.04 Å². The highest BCUT2D eigenvalue weighted by molar-refractivity contribution is 6.31. The fourth-order valence-electron chi connectivity index (χ4n) is 3.39. The van der Waals surface area contributed by atoms with Crippen molar-refractivity contribution in [3.05, 3.63) is 64.4 Å². The van der Waals surface area contributed by atoms with Crippen LogP contribution in [0.5, 0.6) is 0 Å². The zero-order valence-corrected chi connectivity index (χ0v) is 13.1. The molecule has 1 aliphatic carbocycles. The van der Waals surface area contributed by atoms with Gasteiger partial charge in [-0.25, -0.2) is 0 Å². The minimum absolute atomic E-state index is 0.234. The van der Waals surface area contributed by atoms with Crippen LogP contribution in [0.3, 0.4) is 0 Å². The molecule has 0 amide bonds. The Balaban J connectivity index is 2.01. The van der Waals surface area contributed by atoms with Crippen LogP contribution in [0.4, 0.5) is 0 Å². The van der Waals surface area contributed by atoms with Crippen LogP contribution in [0, 0.1) is 0 Å². The second kappa shape index (κ2) is 6.59. The highest BCUT2D eigenvalue weighted by atomic mass is 35.5. The van der Waals surface area contributed by atoms with Crippen LogP contribution in [-0.2, 0) is 6.42 Å². The molecule has 1 N–H and O–H groups in total. The van der Waals surface area contributed by atoms with E-state index in [1.54, 1.807) is 0 Å². The molecule has 2 atom stereocenters. The molecule has 0 radical (unpaired) electrons. The third-order valence-electron chi connectivity index (χ3n) is 4.31. The van der Waals surface area contributed by atoms with E-state index in [9.17, 15) is 0 Å². The number of aromatic nitrogens is 1. The van der Waals surface area contributed by atoms with Gasteiger partial charge in [0.25, 0.3) is 0 Å². The molecule has 21 heavy (non-hydrogen) atoms. The summed E-state index contributed by atoms with van der Waals surface area (Å²) >= 11 is 6.44. The minimum Gasteiger partial charge on any atom is -0.310 e. The number of rotatable bonds is 4. The standard InChI is InChI=1S/C18H21ClN2/c1-2-20-18(14-9-3-4-11-16(14)19)15-10-5-7-13-8-6-12-21-17(13)15/h3-4,6,8-9,11-12,15,18,20H,2,5,7,10H2,1H3. The molecule has 2 aromatic rings. The fourth-order valence-corrected chi connectivity index (χ4v) is 3.64. The third-order valence-corrected chi connectivity index (χ3v) is 4.65. The Labute approximate surface area is 131 Å². The summed E-state index contributed by atoms with van der Waals surface area (Å²) in [6.07, 6.45) is 5.43. The second-order valence-corrected chi connectivity index (χ2v) is 6.01. The lowest BCUT2D eigenvalue weighted by molar-refractivity contribution is 0.400. The molecule has 0 saturated heterocycles. The van der Waals surface area contributed by atoms with Gasteiger partial charge in [0.1, 0.15) is 0 Å². The molecule has 0 bridgehead atoms. The number of likely N-dealkylation sites (N-methyl/N-ethyl adjacent to an activating group) is 1. The summed E-state index contributed by atoms with van der Waals surface area (Å²) in [5.41, 5.74) is 3.82. The van der Waals surface area contributed by atoms with Crippen molar-refractivity contribution in [1.82, 2.24) is 10.3 Å². The SMILES string of the molecule is CCNC(c1ccccc1Cl)C1CCCc2cccnc21. The predicted molar refractivity (Wildman–Crippen MR) is 87.8 cm³/mol. The zero-order valence-electron chi connectivity index (χ0n) is 12.3. The van der Waals surface area contributed by atoms with Crippen molar-refractivity contribution in [2.24, 2.45) is 0 Å². The summed E-state index contributed by atoms with van der Waals surface area (Å²) < 4.78 is 0. The van der Waals surface area contributed by atoms with Crippen molar-refractivity contribution in [2.75, 3.05) is 6.54 Å². The Morgan fingerprint density at radius 2 is 2.14 bits per heavy atom. The van der Waals surface area contributed by atoms with Gasteiger partial charge < -0.3 is 5.32 Å². The van der Waals surface area contributed by atoms with Crippen molar-refractivity contribution in [2.45, 2.75) is 38.1 Å². The maximum absolute atomic E-state index is 6.44. The molecular formula is C18H21ClN2. The fraction of sp³-hybridized carbons (Fsp3) is 0.389. The molecule has 1 heterocycles. The van der Waals surface area contributed by atoms with E-state index in [0.29, 0.717) is 5.92 Å². The van der Waals surface area contributed by atoms with E-state index < -0.39 is 0 Å². The lowest BCUT2D eigenvalue weighted by Gasteiger charge is -2.32. The Bertz CT molecular complexity index is 612. The lowest BCUT2D eigenvalue weighted by atomic mass is 9.79. The minimum atomic E-state index is 0.234. The second-order valence-electron chi connectivity index (χ2n) is 5.60. The number of hydrogen-bond donors (Lipinski definition) is 1. The molecule has 1 aromatic heterocycles. The van der Waals surface area contributed by atoms with Gasteiger partial charge >= 0.3 is 0 Å². The molecule has 0 spiro atoms. The number of fused-ring (bicyclic) bond motifs is 1. The van der Waals surface area contributed by atoms with E-state index in [2.05, 4.69) is 35.4 Å². The largest absolute Gasteiger partial charge is 0.310 e. The van der Waals surface area contributed by atoms with E-state index >= 15 is 0 Å². The third kappa shape index (κ3) is 2.97. The molecule has 110 valence electrons. The number of halogens is 1. The summed E-state index contributed by atoms with van der Waals surface area (Å²) in [6.45, 7) is 3.07. The van der Waals surface area contributed by atoms with Gasteiger partial charge in [0.2, 0.25) is 0 Å². The van der Waals surface area contributed by atoms with E-state index in [1.807, 2.05) is 24.4 Å². The smallest absolute Gasteiger partial charge is 0.0485 e. The van der Waals surface area contributed by atoms with Crippen molar-refractivity contribution in [1.29, 1.82) is 0 Å².